The molecule has 100 valence electrons. The minimum atomic E-state index is -0.304. The summed E-state index contributed by atoms with van der Waals surface area (Å²) in [5, 5.41) is 13.3. The van der Waals surface area contributed by atoms with Gasteiger partial charge in [-0.1, -0.05) is 22.0 Å². The number of aryl methyl sites for hydroxylation is 1. The van der Waals surface area contributed by atoms with Crippen LogP contribution in [-0.2, 0) is 0 Å². The molecule has 0 spiro atoms. The fraction of sp³-hybridized carbons (Fsp3) is 0.571. The van der Waals surface area contributed by atoms with Gasteiger partial charge < -0.3 is 15.3 Å². The van der Waals surface area contributed by atoms with Crippen LogP contribution in [0.25, 0.3) is 0 Å². The quantitative estimate of drug-likeness (QED) is 0.877. The van der Waals surface area contributed by atoms with E-state index < -0.39 is 0 Å². The van der Waals surface area contributed by atoms with Crippen molar-refractivity contribution < 1.29 is 5.11 Å². The molecule has 1 heterocycles. The van der Waals surface area contributed by atoms with Crippen LogP contribution in [0, 0.1) is 6.92 Å². The number of aliphatic hydroxyl groups excluding tert-OH is 1. The minimum Gasteiger partial charge on any atom is -0.390 e. The lowest BCUT2D eigenvalue weighted by molar-refractivity contribution is 0.135. The van der Waals surface area contributed by atoms with E-state index in [1.54, 1.807) is 0 Å². The Balaban J connectivity index is 1.81. The van der Waals surface area contributed by atoms with E-state index in [1.807, 2.05) is 6.07 Å². The van der Waals surface area contributed by atoms with E-state index in [-0.39, 0.29) is 6.10 Å². The Morgan fingerprint density at radius 3 is 2.83 bits per heavy atom. The maximum absolute atomic E-state index is 10.0. The van der Waals surface area contributed by atoms with Crippen molar-refractivity contribution in [3.05, 3.63) is 28.2 Å². The average molecular weight is 313 g/mol. The monoisotopic (exact) mass is 312 g/mol. The highest BCUT2D eigenvalue weighted by Crippen LogP contribution is 2.20. The lowest BCUT2D eigenvalue weighted by Gasteiger charge is -2.20. The van der Waals surface area contributed by atoms with Crippen molar-refractivity contribution in [3.63, 3.8) is 0 Å². The van der Waals surface area contributed by atoms with Gasteiger partial charge in [-0.3, -0.25) is 0 Å². The summed E-state index contributed by atoms with van der Waals surface area (Å²) in [5.41, 5.74) is 2.29. The second-order valence-corrected chi connectivity index (χ2v) is 5.92. The fourth-order valence-corrected chi connectivity index (χ4v) is 2.70. The first-order valence-electron chi connectivity index (χ1n) is 6.55. The van der Waals surface area contributed by atoms with Gasteiger partial charge in [0, 0.05) is 23.2 Å². The topological polar surface area (TPSA) is 35.5 Å². The number of benzene rings is 1. The van der Waals surface area contributed by atoms with Crippen LogP contribution in [0.4, 0.5) is 5.69 Å². The number of rotatable bonds is 5. The first-order valence-corrected chi connectivity index (χ1v) is 7.35. The molecule has 0 radical (unpaired) electrons. The van der Waals surface area contributed by atoms with E-state index in [1.165, 1.54) is 18.4 Å². The van der Waals surface area contributed by atoms with E-state index in [4.69, 9.17) is 0 Å². The first kappa shape index (κ1) is 13.8. The van der Waals surface area contributed by atoms with Crippen LogP contribution in [0.3, 0.4) is 0 Å². The first-order chi connectivity index (χ1) is 8.65. The lowest BCUT2D eigenvalue weighted by atomic mass is 10.2. The Kier molecular flexibility index (Phi) is 5.03. The Bertz CT molecular complexity index is 391. The third-order valence-electron chi connectivity index (χ3n) is 3.40. The van der Waals surface area contributed by atoms with Crippen LogP contribution in [0.1, 0.15) is 18.4 Å². The van der Waals surface area contributed by atoms with Crippen molar-refractivity contribution in [2.45, 2.75) is 25.9 Å². The second kappa shape index (κ2) is 6.55. The number of nitrogens with zero attached hydrogens (tertiary/aromatic N) is 1. The molecular weight excluding hydrogens is 292 g/mol. The van der Waals surface area contributed by atoms with Crippen molar-refractivity contribution in [1.82, 2.24) is 4.90 Å². The van der Waals surface area contributed by atoms with Crippen LogP contribution in [0.5, 0.6) is 0 Å². The van der Waals surface area contributed by atoms with Crippen LogP contribution in [0.2, 0.25) is 0 Å². The van der Waals surface area contributed by atoms with Gasteiger partial charge in [0.25, 0.3) is 0 Å². The molecule has 2 rings (SSSR count). The molecule has 0 aliphatic carbocycles. The molecule has 2 N–H and O–H groups in total. The van der Waals surface area contributed by atoms with Gasteiger partial charge in [0.2, 0.25) is 0 Å². The van der Waals surface area contributed by atoms with Crippen LogP contribution in [-0.4, -0.2) is 42.3 Å². The summed E-state index contributed by atoms with van der Waals surface area (Å²) in [6, 6.07) is 6.15. The molecule has 1 aromatic rings. The summed E-state index contributed by atoms with van der Waals surface area (Å²) in [6.45, 7) is 5.72. The van der Waals surface area contributed by atoms with Crippen molar-refractivity contribution in [2.24, 2.45) is 0 Å². The van der Waals surface area contributed by atoms with Gasteiger partial charge in [-0.05, 0) is 50.6 Å². The molecule has 0 aromatic heterocycles. The molecule has 18 heavy (non-hydrogen) atoms. The third-order valence-corrected chi connectivity index (χ3v) is 3.89. The molecule has 4 heteroatoms. The van der Waals surface area contributed by atoms with Crippen molar-refractivity contribution in [3.8, 4) is 0 Å². The highest BCUT2D eigenvalue weighted by atomic mass is 79.9. The number of aliphatic hydroxyl groups is 1. The zero-order valence-corrected chi connectivity index (χ0v) is 12.4. The largest absolute Gasteiger partial charge is 0.390 e. The van der Waals surface area contributed by atoms with Gasteiger partial charge in [-0.2, -0.15) is 0 Å². The van der Waals surface area contributed by atoms with Crippen LogP contribution >= 0.6 is 15.9 Å². The van der Waals surface area contributed by atoms with Gasteiger partial charge in [-0.15, -0.1) is 0 Å². The SMILES string of the molecule is Cc1ccc(Br)cc1NCC(O)CN1CCCC1. The summed E-state index contributed by atoms with van der Waals surface area (Å²) in [4.78, 5) is 2.33. The molecule has 1 fully saturated rings. The van der Waals surface area contributed by atoms with E-state index in [0.29, 0.717) is 6.54 Å². The number of anilines is 1. The summed E-state index contributed by atoms with van der Waals surface area (Å²) >= 11 is 3.46. The van der Waals surface area contributed by atoms with E-state index in [0.717, 1.165) is 29.8 Å². The summed E-state index contributed by atoms with van der Waals surface area (Å²) in [7, 11) is 0. The molecule has 3 nitrogen and oxygen atoms in total. The predicted octanol–water partition coefficient (Wildman–Crippen LogP) is 2.63. The molecule has 0 bridgehead atoms. The molecule has 1 unspecified atom stereocenters. The van der Waals surface area contributed by atoms with Crippen molar-refractivity contribution >= 4 is 21.6 Å². The zero-order valence-electron chi connectivity index (χ0n) is 10.8. The maximum Gasteiger partial charge on any atom is 0.0839 e. The Hall–Kier alpha value is -0.580. The minimum absolute atomic E-state index is 0.304. The standard InChI is InChI=1S/C14H21BrN2O/c1-11-4-5-12(15)8-14(11)16-9-13(18)10-17-6-2-3-7-17/h4-5,8,13,16,18H,2-3,6-7,9-10H2,1H3. The Labute approximate surface area is 117 Å². The normalized spacial score (nSPS) is 17.9. The number of hydrogen-bond acceptors (Lipinski definition) is 3. The summed E-state index contributed by atoms with van der Waals surface area (Å²) < 4.78 is 1.06. The van der Waals surface area contributed by atoms with Crippen molar-refractivity contribution in [1.29, 1.82) is 0 Å². The van der Waals surface area contributed by atoms with E-state index in [9.17, 15) is 5.11 Å². The number of likely N-dealkylation sites (tertiary alicyclic amines) is 1. The molecule has 1 aromatic carbocycles. The highest BCUT2D eigenvalue weighted by Gasteiger charge is 2.15. The zero-order chi connectivity index (χ0) is 13.0. The van der Waals surface area contributed by atoms with Crippen LogP contribution < -0.4 is 5.32 Å². The number of hydrogen-bond donors (Lipinski definition) is 2. The smallest absolute Gasteiger partial charge is 0.0839 e. The number of nitrogens with one attached hydrogen (secondary N) is 1. The highest BCUT2D eigenvalue weighted by molar-refractivity contribution is 9.10. The molecule has 0 amide bonds. The molecule has 1 saturated heterocycles. The molecule has 1 atom stereocenters. The molecule has 1 aliphatic heterocycles. The Morgan fingerprint density at radius 2 is 2.11 bits per heavy atom. The maximum atomic E-state index is 10.0. The average Bonchev–Trinajstić information content (AvgIpc) is 2.83. The van der Waals surface area contributed by atoms with Gasteiger partial charge >= 0.3 is 0 Å². The van der Waals surface area contributed by atoms with Gasteiger partial charge in [0.1, 0.15) is 0 Å². The Morgan fingerprint density at radius 1 is 1.39 bits per heavy atom. The predicted molar refractivity (Wildman–Crippen MR) is 79.0 cm³/mol. The van der Waals surface area contributed by atoms with Gasteiger partial charge in [-0.25, -0.2) is 0 Å². The lowest BCUT2D eigenvalue weighted by Crippen LogP contribution is -2.34. The molecular formula is C14H21BrN2O. The third kappa shape index (κ3) is 3.97. The van der Waals surface area contributed by atoms with Gasteiger partial charge in [0.05, 0.1) is 6.10 Å². The van der Waals surface area contributed by atoms with E-state index in [2.05, 4.69) is 45.2 Å². The molecule has 0 saturated carbocycles. The number of β-amino-alcohol motifs (C(OH)–C–C–N with tert-alkyl or cyclic N) is 1. The van der Waals surface area contributed by atoms with Crippen LogP contribution in [0.15, 0.2) is 22.7 Å². The van der Waals surface area contributed by atoms with Crippen molar-refractivity contribution in [2.75, 3.05) is 31.5 Å². The summed E-state index contributed by atoms with van der Waals surface area (Å²) in [6.07, 6.45) is 2.23. The summed E-state index contributed by atoms with van der Waals surface area (Å²) in [5.74, 6) is 0. The molecule has 1 aliphatic rings. The second-order valence-electron chi connectivity index (χ2n) is 5.00. The van der Waals surface area contributed by atoms with E-state index >= 15 is 0 Å². The van der Waals surface area contributed by atoms with Gasteiger partial charge in [0.15, 0.2) is 0 Å². The number of halogens is 1. The fourth-order valence-electron chi connectivity index (χ4n) is 2.34.